The van der Waals surface area contributed by atoms with Crippen molar-refractivity contribution in [1.29, 1.82) is 0 Å². The van der Waals surface area contributed by atoms with E-state index in [2.05, 4.69) is 101 Å². The molecule has 0 unspecified atom stereocenters. The van der Waals surface area contributed by atoms with Crippen LogP contribution in [0.1, 0.15) is 56.2 Å². The molecular formula is C26H29N2S+. The smallest absolute Gasteiger partial charge is 0.229 e. The zero-order valence-electron chi connectivity index (χ0n) is 18.2. The SMILES string of the molecule is Cc1ccccc1-c1c2nc(-c3c(C(C)C)cccc3C(C)C)sc2cc[n+]1C. The minimum Gasteiger partial charge on any atom is -0.229 e. The second-order valence-electron chi connectivity index (χ2n) is 8.44. The summed E-state index contributed by atoms with van der Waals surface area (Å²) in [6.45, 7) is 11.3. The second-order valence-corrected chi connectivity index (χ2v) is 9.47. The number of benzene rings is 2. The van der Waals surface area contributed by atoms with Gasteiger partial charge < -0.3 is 0 Å². The van der Waals surface area contributed by atoms with Crippen LogP contribution in [-0.4, -0.2) is 4.98 Å². The van der Waals surface area contributed by atoms with Gasteiger partial charge in [-0.05, 0) is 41.5 Å². The van der Waals surface area contributed by atoms with E-state index < -0.39 is 0 Å². The zero-order chi connectivity index (χ0) is 20.7. The van der Waals surface area contributed by atoms with E-state index in [-0.39, 0.29) is 0 Å². The molecule has 0 radical (unpaired) electrons. The molecule has 4 aromatic rings. The van der Waals surface area contributed by atoms with Crippen molar-refractivity contribution in [2.24, 2.45) is 7.05 Å². The summed E-state index contributed by atoms with van der Waals surface area (Å²) in [5, 5.41) is 1.13. The maximum absolute atomic E-state index is 5.25. The quantitative estimate of drug-likeness (QED) is 0.336. The van der Waals surface area contributed by atoms with E-state index in [1.54, 1.807) is 0 Å². The van der Waals surface area contributed by atoms with Crippen molar-refractivity contribution in [3.63, 3.8) is 0 Å². The van der Waals surface area contributed by atoms with Gasteiger partial charge in [0.05, 0.1) is 10.3 Å². The molecule has 2 nitrogen and oxygen atoms in total. The molecule has 0 N–H and O–H groups in total. The molecule has 4 rings (SSSR count). The lowest BCUT2D eigenvalue weighted by molar-refractivity contribution is -0.659. The van der Waals surface area contributed by atoms with Crippen LogP contribution in [0, 0.1) is 6.92 Å². The van der Waals surface area contributed by atoms with Crippen molar-refractivity contribution >= 4 is 21.6 Å². The minimum atomic E-state index is 0.461. The summed E-state index contributed by atoms with van der Waals surface area (Å²) in [6.07, 6.45) is 2.16. The number of aryl methyl sites for hydroxylation is 2. The van der Waals surface area contributed by atoms with Gasteiger partial charge in [-0.25, -0.2) is 4.98 Å². The van der Waals surface area contributed by atoms with Crippen molar-refractivity contribution in [2.45, 2.75) is 46.5 Å². The summed E-state index contributed by atoms with van der Waals surface area (Å²) in [5.41, 5.74) is 8.91. The van der Waals surface area contributed by atoms with E-state index in [9.17, 15) is 0 Å². The molecule has 0 atom stereocenters. The van der Waals surface area contributed by atoms with Crippen LogP contribution in [0.3, 0.4) is 0 Å². The molecule has 0 saturated heterocycles. The molecular weight excluding hydrogens is 372 g/mol. The number of fused-ring (bicyclic) bond motifs is 1. The van der Waals surface area contributed by atoms with Gasteiger partial charge in [-0.1, -0.05) is 64.1 Å². The van der Waals surface area contributed by atoms with Crippen LogP contribution in [-0.2, 0) is 7.05 Å². The molecule has 29 heavy (non-hydrogen) atoms. The fraction of sp³-hybridized carbons (Fsp3) is 0.308. The molecule has 2 heterocycles. The highest BCUT2D eigenvalue weighted by atomic mass is 32.1. The van der Waals surface area contributed by atoms with Gasteiger partial charge in [-0.2, -0.15) is 4.57 Å². The number of nitrogens with zero attached hydrogens (tertiary/aromatic N) is 2. The van der Waals surface area contributed by atoms with Gasteiger partial charge in [0.1, 0.15) is 12.1 Å². The van der Waals surface area contributed by atoms with Crippen LogP contribution in [0.5, 0.6) is 0 Å². The predicted molar refractivity (Wildman–Crippen MR) is 125 cm³/mol. The number of aromatic nitrogens is 2. The summed E-state index contributed by atoms with van der Waals surface area (Å²) < 4.78 is 3.44. The number of hydrogen-bond acceptors (Lipinski definition) is 2. The topological polar surface area (TPSA) is 16.8 Å². The van der Waals surface area contributed by atoms with Crippen molar-refractivity contribution in [1.82, 2.24) is 4.98 Å². The fourth-order valence-electron chi connectivity index (χ4n) is 4.10. The summed E-state index contributed by atoms with van der Waals surface area (Å²) in [5.74, 6) is 0.922. The number of rotatable bonds is 4. The molecule has 0 bridgehead atoms. The molecule has 0 saturated carbocycles. The van der Waals surface area contributed by atoms with E-state index in [0.29, 0.717) is 11.8 Å². The number of pyridine rings is 1. The van der Waals surface area contributed by atoms with Crippen molar-refractivity contribution in [3.8, 4) is 21.8 Å². The standard InChI is InChI=1S/C26H29N2S/c1-16(2)19-12-9-13-20(17(3)4)23(19)26-27-24-22(29-26)14-15-28(6)25(24)21-11-8-7-10-18(21)5/h7-17H,1-6H3/q+1. The Morgan fingerprint density at radius 2 is 1.52 bits per heavy atom. The Labute approximate surface area is 177 Å². The Morgan fingerprint density at radius 3 is 2.14 bits per heavy atom. The summed E-state index contributed by atoms with van der Waals surface area (Å²) >= 11 is 1.81. The second kappa shape index (κ2) is 7.72. The van der Waals surface area contributed by atoms with E-state index in [1.165, 1.54) is 38.2 Å². The molecule has 2 aromatic heterocycles. The van der Waals surface area contributed by atoms with E-state index in [1.807, 2.05) is 11.3 Å². The van der Waals surface area contributed by atoms with Crippen LogP contribution < -0.4 is 4.57 Å². The monoisotopic (exact) mass is 401 g/mol. The van der Waals surface area contributed by atoms with Crippen LogP contribution in [0.4, 0.5) is 0 Å². The average Bonchev–Trinajstić information content (AvgIpc) is 3.12. The third-order valence-corrected chi connectivity index (χ3v) is 6.70. The Morgan fingerprint density at radius 1 is 0.862 bits per heavy atom. The fourth-order valence-corrected chi connectivity index (χ4v) is 5.15. The number of hydrogen-bond donors (Lipinski definition) is 0. The molecule has 0 aliphatic carbocycles. The number of thiazole rings is 1. The van der Waals surface area contributed by atoms with E-state index >= 15 is 0 Å². The summed E-state index contributed by atoms with van der Waals surface area (Å²) in [6, 6.07) is 17.5. The maximum atomic E-state index is 5.25. The van der Waals surface area contributed by atoms with Gasteiger partial charge in [-0.3, -0.25) is 0 Å². The first-order valence-electron chi connectivity index (χ1n) is 10.4. The van der Waals surface area contributed by atoms with Gasteiger partial charge in [0.2, 0.25) is 5.69 Å². The molecule has 0 fully saturated rings. The normalized spacial score (nSPS) is 11.7. The van der Waals surface area contributed by atoms with Crippen molar-refractivity contribution in [2.75, 3.05) is 0 Å². The molecule has 0 spiro atoms. The lowest BCUT2D eigenvalue weighted by Crippen LogP contribution is -2.30. The lowest BCUT2D eigenvalue weighted by Gasteiger charge is -2.17. The van der Waals surface area contributed by atoms with Crippen LogP contribution in [0.25, 0.3) is 32.0 Å². The van der Waals surface area contributed by atoms with Gasteiger partial charge in [0.25, 0.3) is 0 Å². The van der Waals surface area contributed by atoms with Crippen molar-refractivity contribution in [3.05, 3.63) is 71.4 Å². The highest BCUT2D eigenvalue weighted by Crippen LogP contribution is 2.41. The predicted octanol–water partition coefficient (Wildman–Crippen LogP) is 7.01. The first kappa shape index (κ1) is 19.8. The zero-order valence-corrected chi connectivity index (χ0v) is 19.0. The Kier molecular flexibility index (Phi) is 5.26. The largest absolute Gasteiger partial charge is 0.239 e. The Balaban J connectivity index is 2.03. The van der Waals surface area contributed by atoms with Crippen LogP contribution >= 0.6 is 11.3 Å². The molecule has 0 amide bonds. The highest BCUT2D eigenvalue weighted by Gasteiger charge is 2.23. The lowest BCUT2D eigenvalue weighted by atomic mass is 9.89. The average molecular weight is 402 g/mol. The first-order valence-corrected chi connectivity index (χ1v) is 11.2. The Hall–Kier alpha value is -2.52. The molecule has 2 aromatic carbocycles. The first-order chi connectivity index (χ1) is 13.9. The van der Waals surface area contributed by atoms with Gasteiger partial charge in [-0.15, -0.1) is 11.3 Å². The highest BCUT2D eigenvalue weighted by molar-refractivity contribution is 7.21. The minimum absolute atomic E-state index is 0.461. The molecule has 3 heteroatoms. The van der Waals surface area contributed by atoms with Gasteiger partial charge in [0.15, 0.2) is 11.7 Å². The van der Waals surface area contributed by atoms with E-state index in [0.717, 1.165) is 10.5 Å². The van der Waals surface area contributed by atoms with Crippen LogP contribution in [0.15, 0.2) is 54.7 Å². The third-order valence-electron chi connectivity index (χ3n) is 5.67. The summed E-state index contributed by atoms with van der Waals surface area (Å²) in [4.78, 5) is 5.25. The third kappa shape index (κ3) is 3.49. The van der Waals surface area contributed by atoms with Crippen LogP contribution in [0.2, 0.25) is 0 Å². The maximum Gasteiger partial charge on any atom is 0.239 e. The Bertz CT molecular complexity index is 1160. The summed E-state index contributed by atoms with van der Waals surface area (Å²) in [7, 11) is 2.11. The van der Waals surface area contributed by atoms with E-state index in [4.69, 9.17) is 4.98 Å². The molecule has 148 valence electrons. The van der Waals surface area contributed by atoms with Crippen molar-refractivity contribution < 1.29 is 4.57 Å². The molecule has 0 aliphatic heterocycles. The van der Waals surface area contributed by atoms with Gasteiger partial charge in [0, 0.05) is 11.6 Å². The molecule has 0 aliphatic rings. The van der Waals surface area contributed by atoms with Gasteiger partial charge >= 0.3 is 0 Å².